The molecule has 1 saturated heterocycles. The number of carbonyl (C=O) groups excluding carboxylic acids is 1. The Morgan fingerprint density at radius 1 is 1.24 bits per heavy atom. The van der Waals surface area contributed by atoms with E-state index in [1.807, 2.05) is 31.2 Å². The van der Waals surface area contributed by atoms with Gasteiger partial charge in [-0.2, -0.15) is 0 Å². The van der Waals surface area contributed by atoms with E-state index in [4.69, 9.17) is 4.74 Å². The third kappa shape index (κ3) is 3.11. The summed E-state index contributed by atoms with van der Waals surface area (Å²) in [7, 11) is 0. The third-order valence-corrected chi connectivity index (χ3v) is 3.55. The average Bonchev–Trinajstić information content (AvgIpc) is 2.53. The Labute approximate surface area is 123 Å². The molecule has 6 nitrogen and oxygen atoms in total. The van der Waals surface area contributed by atoms with Gasteiger partial charge in [-0.05, 0) is 19.1 Å². The van der Waals surface area contributed by atoms with Gasteiger partial charge in [0.05, 0.1) is 42.2 Å². The van der Waals surface area contributed by atoms with Crippen LogP contribution >= 0.6 is 0 Å². The zero-order chi connectivity index (χ0) is 14.7. The van der Waals surface area contributed by atoms with Crippen LogP contribution in [0.3, 0.4) is 0 Å². The van der Waals surface area contributed by atoms with Crippen molar-refractivity contribution in [3.05, 3.63) is 35.7 Å². The molecule has 0 bridgehead atoms. The number of hydrogen-bond donors (Lipinski definition) is 1. The summed E-state index contributed by atoms with van der Waals surface area (Å²) in [5, 5.41) is 2.90. The Kier molecular flexibility index (Phi) is 3.96. The highest BCUT2D eigenvalue weighted by molar-refractivity contribution is 5.75. The van der Waals surface area contributed by atoms with E-state index in [9.17, 15) is 4.79 Å². The third-order valence-electron chi connectivity index (χ3n) is 3.55. The predicted octanol–water partition coefficient (Wildman–Crippen LogP) is 1.48. The fourth-order valence-corrected chi connectivity index (χ4v) is 2.33. The van der Waals surface area contributed by atoms with Gasteiger partial charge in [0, 0.05) is 13.1 Å². The maximum absolute atomic E-state index is 12.1. The summed E-state index contributed by atoms with van der Waals surface area (Å²) in [6.45, 7) is 4.77. The highest BCUT2D eigenvalue weighted by atomic mass is 16.5. The van der Waals surface area contributed by atoms with Crippen LogP contribution in [0.4, 0.5) is 4.79 Å². The predicted molar refractivity (Wildman–Crippen MR) is 78.9 cm³/mol. The number of rotatable bonds is 2. The smallest absolute Gasteiger partial charge is 0.317 e. The number of amides is 2. The van der Waals surface area contributed by atoms with Crippen molar-refractivity contribution in [2.24, 2.45) is 0 Å². The number of fused-ring (bicyclic) bond motifs is 1. The quantitative estimate of drug-likeness (QED) is 0.908. The van der Waals surface area contributed by atoms with Crippen molar-refractivity contribution in [2.75, 3.05) is 26.3 Å². The minimum absolute atomic E-state index is 0.0762. The molecule has 21 heavy (non-hydrogen) atoms. The molecule has 0 unspecified atom stereocenters. The second-order valence-electron chi connectivity index (χ2n) is 5.00. The zero-order valence-corrected chi connectivity index (χ0v) is 12.0. The summed E-state index contributed by atoms with van der Waals surface area (Å²) in [6, 6.07) is 7.66. The van der Waals surface area contributed by atoms with Gasteiger partial charge in [-0.3, -0.25) is 0 Å². The highest BCUT2D eigenvalue weighted by Gasteiger charge is 2.16. The van der Waals surface area contributed by atoms with Gasteiger partial charge in [-0.15, -0.1) is 0 Å². The molecule has 3 rings (SSSR count). The maximum Gasteiger partial charge on any atom is 0.317 e. The van der Waals surface area contributed by atoms with Gasteiger partial charge in [-0.25, -0.2) is 14.8 Å². The fourth-order valence-electron chi connectivity index (χ4n) is 2.33. The van der Waals surface area contributed by atoms with E-state index < -0.39 is 0 Å². The van der Waals surface area contributed by atoms with Crippen molar-refractivity contribution >= 4 is 17.1 Å². The molecular formula is C15H18N4O2. The SMILES string of the molecule is Cc1nc2ccccc2nc1CNC(=O)N1CCOCC1. The molecule has 1 aromatic carbocycles. The van der Waals surface area contributed by atoms with E-state index in [1.165, 1.54) is 0 Å². The summed E-state index contributed by atoms with van der Waals surface area (Å²) in [5.41, 5.74) is 3.36. The van der Waals surface area contributed by atoms with Crippen LogP contribution in [0.1, 0.15) is 11.4 Å². The number of nitrogens with one attached hydrogen (secondary N) is 1. The number of para-hydroxylation sites is 2. The van der Waals surface area contributed by atoms with Crippen LogP contribution < -0.4 is 5.32 Å². The molecule has 1 fully saturated rings. The molecule has 0 aliphatic carbocycles. The van der Waals surface area contributed by atoms with Crippen molar-refractivity contribution in [1.29, 1.82) is 0 Å². The van der Waals surface area contributed by atoms with Crippen LogP contribution in [0.2, 0.25) is 0 Å². The molecule has 2 aromatic rings. The van der Waals surface area contributed by atoms with Crippen molar-refractivity contribution in [3.63, 3.8) is 0 Å². The number of nitrogens with zero attached hydrogens (tertiary/aromatic N) is 3. The molecule has 1 aliphatic heterocycles. The molecule has 0 atom stereocenters. The molecule has 1 aromatic heterocycles. The zero-order valence-electron chi connectivity index (χ0n) is 12.0. The molecule has 110 valence electrons. The minimum Gasteiger partial charge on any atom is -0.378 e. The van der Waals surface area contributed by atoms with Crippen LogP contribution in [0.25, 0.3) is 11.0 Å². The minimum atomic E-state index is -0.0762. The number of morpholine rings is 1. The number of urea groups is 1. The lowest BCUT2D eigenvalue weighted by atomic mass is 10.2. The Hall–Kier alpha value is -2.21. The Morgan fingerprint density at radius 2 is 1.90 bits per heavy atom. The number of carbonyl (C=O) groups is 1. The summed E-state index contributed by atoms with van der Waals surface area (Å²) in [4.78, 5) is 22.9. The van der Waals surface area contributed by atoms with Crippen molar-refractivity contribution in [2.45, 2.75) is 13.5 Å². The van der Waals surface area contributed by atoms with E-state index in [0.29, 0.717) is 32.8 Å². The summed E-state index contributed by atoms with van der Waals surface area (Å²) in [5.74, 6) is 0. The molecule has 1 aliphatic rings. The molecule has 0 saturated carbocycles. The van der Waals surface area contributed by atoms with Gasteiger partial charge in [0.2, 0.25) is 0 Å². The van der Waals surface area contributed by atoms with Crippen LogP contribution in [0, 0.1) is 6.92 Å². The topological polar surface area (TPSA) is 67.4 Å². The number of aryl methyl sites for hydroxylation is 1. The van der Waals surface area contributed by atoms with E-state index in [0.717, 1.165) is 22.4 Å². The van der Waals surface area contributed by atoms with Crippen LogP contribution in [0.5, 0.6) is 0 Å². The fraction of sp³-hybridized carbons (Fsp3) is 0.400. The van der Waals surface area contributed by atoms with E-state index in [1.54, 1.807) is 4.90 Å². The lowest BCUT2D eigenvalue weighted by Gasteiger charge is -2.26. The van der Waals surface area contributed by atoms with Gasteiger partial charge >= 0.3 is 6.03 Å². The number of hydrogen-bond acceptors (Lipinski definition) is 4. The van der Waals surface area contributed by atoms with Crippen molar-refractivity contribution in [1.82, 2.24) is 20.2 Å². The first-order valence-corrected chi connectivity index (χ1v) is 7.07. The highest BCUT2D eigenvalue weighted by Crippen LogP contribution is 2.12. The monoisotopic (exact) mass is 286 g/mol. The standard InChI is InChI=1S/C15H18N4O2/c1-11-14(18-13-5-3-2-4-12(13)17-11)10-16-15(20)19-6-8-21-9-7-19/h2-5H,6-10H2,1H3,(H,16,20). The molecule has 1 N–H and O–H groups in total. The van der Waals surface area contributed by atoms with E-state index in [-0.39, 0.29) is 6.03 Å². The van der Waals surface area contributed by atoms with E-state index >= 15 is 0 Å². The van der Waals surface area contributed by atoms with Gasteiger partial charge < -0.3 is 15.0 Å². The summed E-state index contributed by atoms with van der Waals surface area (Å²) < 4.78 is 5.24. The van der Waals surface area contributed by atoms with Gasteiger partial charge in [0.15, 0.2) is 0 Å². The lowest BCUT2D eigenvalue weighted by Crippen LogP contribution is -2.46. The molecule has 2 heterocycles. The van der Waals surface area contributed by atoms with Gasteiger partial charge in [0.25, 0.3) is 0 Å². The first-order valence-electron chi connectivity index (χ1n) is 7.07. The molecule has 0 radical (unpaired) electrons. The second kappa shape index (κ2) is 6.05. The molecule has 6 heteroatoms. The molecule has 2 amide bonds. The summed E-state index contributed by atoms with van der Waals surface area (Å²) >= 11 is 0. The van der Waals surface area contributed by atoms with Crippen molar-refractivity contribution < 1.29 is 9.53 Å². The maximum atomic E-state index is 12.1. The summed E-state index contributed by atoms with van der Waals surface area (Å²) in [6.07, 6.45) is 0. The largest absolute Gasteiger partial charge is 0.378 e. The normalized spacial score (nSPS) is 15.2. The first-order chi connectivity index (χ1) is 10.2. The Bertz CT molecular complexity index is 653. The number of aromatic nitrogens is 2. The average molecular weight is 286 g/mol. The first kappa shape index (κ1) is 13.8. The van der Waals surface area contributed by atoms with E-state index in [2.05, 4.69) is 15.3 Å². The molecule has 0 spiro atoms. The Balaban J connectivity index is 1.69. The van der Waals surface area contributed by atoms with Crippen molar-refractivity contribution in [3.8, 4) is 0 Å². The van der Waals surface area contributed by atoms with Crippen LogP contribution in [-0.2, 0) is 11.3 Å². The number of benzene rings is 1. The van der Waals surface area contributed by atoms with Gasteiger partial charge in [0.1, 0.15) is 0 Å². The second-order valence-corrected chi connectivity index (χ2v) is 5.00. The molecular weight excluding hydrogens is 268 g/mol. The van der Waals surface area contributed by atoms with Gasteiger partial charge in [-0.1, -0.05) is 12.1 Å². The lowest BCUT2D eigenvalue weighted by molar-refractivity contribution is 0.0531. The van der Waals surface area contributed by atoms with Crippen LogP contribution in [0.15, 0.2) is 24.3 Å². The Morgan fingerprint density at radius 3 is 2.62 bits per heavy atom. The van der Waals surface area contributed by atoms with Crippen LogP contribution in [-0.4, -0.2) is 47.2 Å². The number of ether oxygens (including phenoxy) is 1.